The van der Waals surface area contributed by atoms with Crippen LogP contribution in [0.25, 0.3) is 0 Å². The van der Waals surface area contributed by atoms with Gasteiger partial charge in [0.05, 0.1) is 11.3 Å². The predicted octanol–water partition coefficient (Wildman–Crippen LogP) is 3.10. The van der Waals surface area contributed by atoms with Gasteiger partial charge in [-0.25, -0.2) is 4.68 Å². The van der Waals surface area contributed by atoms with Gasteiger partial charge < -0.3 is 10.6 Å². The van der Waals surface area contributed by atoms with Crippen LogP contribution in [0.4, 0.5) is 14.6 Å². The van der Waals surface area contributed by atoms with Crippen LogP contribution in [0.3, 0.4) is 0 Å². The van der Waals surface area contributed by atoms with Crippen LogP contribution in [0.15, 0.2) is 35.2 Å². The van der Waals surface area contributed by atoms with E-state index < -0.39 is 18.0 Å². The fourth-order valence-electron chi connectivity index (χ4n) is 3.00. The molecule has 2 amide bonds. The van der Waals surface area contributed by atoms with E-state index in [1.807, 2.05) is 6.92 Å². The van der Waals surface area contributed by atoms with Crippen molar-refractivity contribution in [3.8, 4) is 0 Å². The SMILES string of the molecule is CCC1CC(=O)NC(n2nc(C)cc2NC(=O)c2ccccc2SC(F)F)N1. The van der Waals surface area contributed by atoms with Gasteiger partial charge in [0.1, 0.15) is 5.82 Å². The Kier molecular flexibility index (Phi) is 6.30. The van der Waals surface area contributed by atoms with E-state index in [1.54, 1.807) is 25.1 Å². The van der Waals surface area contributed by atoms with E-state index in [9.17, 15) is 18.4 Å². The summed E-state index contributed by atoms with van der Waals surface area (Å²) in [5.74, 6) is -2.91. The number of thioether (sulfide) groups is 1. The number of carbonyl (C=O) groups excluding carboxylic acids is 2. The molecule has 0 saturated carbocycles. The Morgan fingerprint density at radius 2 is 2.18 bits per heavy atom. The summed E-state index contributed by atoms with van der Waals surface area (Å²) in [4.78, 5) is 24.9. The highest BCUT2D eigenvalue weighted by Gasteiger charge is 2.28. The number of hydrogen-bond acceptors (Lipinski definition) is 5. The van der Waals surface area contributed by atoms with E-state index in [0.29, 0.717) is 29.7 Å². The van der Waals surface area contributed by atoms with Gasteiger partial charge in [-0.3, -0.25) is 14.9 Å². The lowest BCUT2D eigenvalue weighted by Crippen LogP contribution is -2.53. The lowest BCUT2D eigenvalue weighted by atomic mass is 10.1. The van der Waals surface area contributed by atoms with Crippen LogP contribution < -0.4 is 16.0 Å². The summed E-state index contributed by atoms with van der Waals surface area (Å²) in [6.07, 6.45) is 0.526. The normalized spacial score (nSPS) is 19.5. The summed E-state index contributed by atoms with van der Waals surface area (Å²) in [7, 11) is 0. The van der Waals surface area contributed by atoms with Crippen molar-refractivity contribution in [2.75, 3.05) is 5.32 Å². The molecule has 3 N–H and O–H groups in total. The molecular weight excluding hydrogens is 388 g/mol. The van der Waals surface area contributed by atoms with Crippen LogP contribution in [-0.4, -0.2) is 33.4 Å². The number of aromatic nitrogens is 2. The van der Waals surface area contributed by atoms with Crippen molar-refractivity contribution in [3.63, 3.8) is 0 Å². The highest BCUT2D eigenvalue weighted by Crippen LogP contribution is 2.29. The number of benzene rings is 1. The van der Waals surface area contributed by atoms with Crippen molar-refractivity contribution in [1.29, 1.82) is 0 Å². The number of amides is 2. The van der Waals surface area contributed by atoms with Crippen LogP contribution in [0.1, 0.15) is 42.1 Å². The quantitative estimate of drug-likeness (QED) is 0.638. The van der Waals surface area contributed by atoms with Gasteiger partial charge in [-0.15, -0.1) is 0 Å². The summed E-state index contributed by atoms with van der Waals surface area (Å²) >= 11 is 0.319. The minimum absolute atomic E-state index is 0.00465. The number of alkyl halides is 2. The molecule has 10 heteroatoms. The molecule has 0 spiro atoms. The lowest BCUT2D eigenvalue weighted by molar-refractivity contribution is -0.125. The summed E-state index contributed by atoms with van der Waals surface area (Å²) in [5.41, 5.74) is 0.783. The number of nitrogens with zero attached hydrogens (tertiary/aromatic N) is 2. The Bertz CT molecular complexity index is 873. The predicted molar refractivity (Wildman–Crippen MR) is 102 cm³/mol. The third kappa shape index (κ3) is 4.68. The first-order valence-corrected chi connectivity index (χ1v) is 9.72. The van der Waals surface area contributed by atoms with E-state index in [1.165, 1.54) is 16.8 Å². The fourth-order valence-corrected chi connectivity index (χ4v) is 3.63. The number of nitrogens with one attached hydrogen (secondary N) is 3. The molecule has 28 heavy (non-hydrogen) atoms. The van der Waals surface area contributed by atoms with Gasteiger partial charge in [0.2, 0.25) is 5.91 Å². The molecule has 0 bridgehead atoms. The molecule has 0 radical (unpaired) electrons. The first-order chi connectivity index (χ1) is 13.4. The molecule has 7 nitrogen and oxygen atoms in total. The average Bonchev–Trinajstić information content (AvgIpc) is 3.01. The smallest absolute Gasteiger partial charge is 0.288 e. The Labute approximate surface area is 165 Å². The van der Waals surface area contributed by atoms with Crippen LogP contribution in [0, 0.1) is 6.92 Å². The summed E-state index contributed by atoms with van der Waals surface area (Å²) in [6.45, 7) is 3.73. The number of aryl methyl sites for hydroxylation is 1. The molecule has 1 aromatic heterocycles. The molecule has 150 valence electrons. The van der Waals surface area contributed by atoms with Crippen LogP contribution in [0.5, 0.6) is 0 Å². The van der Waals surface area contributed by atoms with Crippen LogP contribution in [0.2, 0.25) is 0 Å². The van der Waals surface area contributed by atoms with Gasteiger partial charge in [-0.2, -0.15) is 13.9 Å². The van der Waals surface area contributed by atoms with Crippen molar-refractivity contribution in [3.05, 3.63) is 41.6 Å². The van der Waals surface area contributed by atoms with Gasteiger partial charge in [-0.05, 0) is 25.5 Å². The standard InChI is InChI=1S/C18H21F2N5O2S/c1-3-11-9-15(26)23-18(21-11)25-14(8-10(2)24-25)22-16(27)12-6-4-5-7-13(12)28-17(19)20/h4-8,11,17-18,21H,3,9H2,1-2H3,(H,22,27)(H,23,26). The van der Waals surface area contributed by atoms with Crippen LogP contribution in [-0.2, 0) is 4.79 Å². The molecule has 1 aliphatic rings. The average molecular weight is 409 g/mol. The lowest BCUT2D eigenvalue weighted by Gasteiger charge is -2.31. The van der Waals surface area contributed by atoms with Gasteiger partial charge in [-0.1, -0.05) is 30.8 Å². The maximum atomic E-state index is 12.8. The molecule has 3 rings (SSSR count). The third-order valence-electron chi connectivity index (χ3n) is 4.31. The van der Waals surface area contributed by atoms with Crippen molar-refractivity contribution >= 4 is 29.4 Å². The van der Waals surface area contributed by atoms with Crippen LogP contribution >= 0.6 is 11.8 Å². The van der Waals surface area contributed by atoms with E-state index >= 15 is 0 Å². The van der Waals surface area contributed by atoms with Crippen molar-refractivity contribution < 1.29 is 18.4 Å². The van der Waals surface area contributed by atoms with E-state index in [0.717, 1.165) is 6.42 Å². The molecule has 2 atom stereocenters. The highest BCUT2D eigenvalue weighted by molar-refractivity contribution is 7.99. The zero-order valence-corrected chi connectivity index (χ0v) is 16.2. The molecule has 2 aromatic rings. The molecular formula is C18H21F2N5O2S. The van der Waals surface area contributed by atoms with Gasteiger partial charge in [0, 0.05) is 23.4 Å². The second-order valence-corrected chi connectivity index (χ2v) is 7.42. The topological polar surface area (TPSA) is 88.1 Å². The van der Waals surface area contributed by atoms with Gasteiger partial charge in [0.25, 0.3) is 11.7 Å². The summed E-state index contributed by atoms with van der Waals surface area (Å²) < 4.78 is 27.0. The zero-order chi connectivity index (χ0) is 20.3. The molecule has 1 aromatic carbocycles. The van der Waals surface area contributed by atoms with Crippen molar-refractivity contribution in [2.45, 2.75) is 49.7 Å². The second kappa shape index (κ2) is 8.70. The Morgan fingerprint density at radius 3 is 2.89 bits per heavy atom. The Balaban J connectivity index is 1.84. The van der Waals surface area contributed by atoms with E-state index in [4.69, 9.17) is 0 Å². The Hall–Kier alpha value is -2.46. The zero-order valence-electron chi connectivity index (χ0n) is 15.4. The largest absolute Gasteiger partial charge is 0.322 e. The Morgan fingerprint density at radius 1 is 1.43 bits per heavy atom. The molecule has 1 fully saturated rings. The molecule has 2 heterocycles. The minimum Gasteiger partial charge on any atom is -0.322 e. The maximum absolute atomic E-state index is 12.8. The first kappa shape index (κ1) is 20.3. The second-order valence-electron chi connectivity index (χ2n) is 6.39. The molecule has 1 saturated heterocycles. The first-order valence-electron chi connectivity index (χ1n) is 8.84. The molecule has 0 aliphatic carbocycles. The van der Waals surface area contributed by atoms with Crippen molar-refractivity contribution in [1.82, 2.24) is 20.4 Å². The summed E-state index contributed by atoms with van der Waals surface area (Å²) in [6, 6.07) is 7.83. The number of halogens is 2. The number of carbonyl (C=O) groups is 2. The van der Waals surface area contributed by atoms with Gasteiger partial charge in [0.15, 0.2) is 6.29 Å². The number of anilines is 1. The number of rotatable bonds is 6. The van der Waals surface area contributed by atoms with Crippen molar-refractivity contribution in [2.24, 2.45) is 0 Å². The maximum Gasteiger partial charge on any atom is 0.288 e. The molecule has 2 unspecified atom stereocenters. The monoisotopic (exact) mass is 409 g/mol. The highest BCUT2D eigenvalue weighted by atomic mass is 32.2. The summed E-state index contributed by atoms with van der Waals surface area (Å²) in [5, 5.41) is 13.1. The van der Waals surface area contributed by atoms with E-state index in [-0.39, 0.29) is 22.4 Å². The fraction of sp³-hybridized carbons (Fsp3) is 0.389. The minimum atomic E-state index is -2.63. The van der Waals surface area contributed by atoms with Gasteiger partial charge >= 0.3 is 0 Å². The number of hydrogen-bond donors (Lipinski definition) is 3. The van der Waals surface area contributed by atoms with E-state index in [2.05, 4.69) is 21.0 Å². The third-order valence-corrected chi connectivity index (χ3v) is 5.10. The molecule has 1 aliphatic heterocycles.